The van der Waals surface area contributed by atoms with Crippen molar-refractivity contribution in [2.24, 2.45) is 5.41 Å². The van der Waals surface area contributed by atoms with Crippen molar-refractivity contribution in [1.82, 2.24) is 0 Å². The second-order valence-corrected chi connectivity index (χ2v) is 5.13. The van der Waals surface area contributed by atoms with Crippen molar-refractivity contribution in [1.29, 1.82) is 0 Å². The van der Waals surface area contributed by atoms with Gasteiger partial charge in [-0.25, -0.2) is 9.59 Å². The third-order valence-corrected chi connectivity index (χ3v) is 2.65. The van der Waals surface area contributed by atoms with E-state index in [2.05, 4.69) is 4.74 Å². The van der Waals surface area contributed by atoms with Crippen LogP contribution in [-0.2, 0) is 9.53 Å². The average molecular weight is 296 g/mol. The number of rotatable bonds is 7. The van der Waals surface area contributed by atoms with Gasteiger partial charge in [0.25, 0.3) is 6.47 Å². The smallest absolute Gasteiger partial charge is 0.339 e. The van der Waals surface area contributed by atoms with Crippen LogP contribution in [0, 0.1) is 5.41 Å². The highest BCUT2D eigenvalue weighted by atomic mass is 16.5. The number of aliphatic hydroxyl groups excluding tert-OH is 1. The molecule has 0 heterocycles. The lowest BCUT2D eigenvalue weighted by Gasteiger charge is -2.21. The number of carboxylic acid groups (broad SMARTS) is 1. The molecule has 0 aliphatic rings. The molecule has 0 amide bonds. The Labute approximate surface area is 121 Å². The van der Waals surface area contributed by atoms with E-state index in [1.807, 2.05) is 0 Å². The van der Waals surface area contributed by atoms with Crippen LogP contribution in [0.2, 0.25) is 0 Å². The van der Waals surface area contributed by atoms with E-state index in [1.54, 1.807) is 13.8 Å². The van der Waals surface area contributed by atoms with E-state index in [0.29, 0.717) is 0 Å². The maximum absolute atomic E-state index is 11.9. The maximum Gasteiger partial charge on any atom is 0.339 e. The topological polar surface area (TPSA) is 110 Å². The van der Waals surface area contributed by atoms with Gasteiger partial charge in [0, 0.05) is 5.41 Å². The van der Waals surface area contributed by atoms with Crippen LogP contribution in [0.25, 0.3) is 0 Å². The molecule has 0 bridgehead atoms. The molecule has 114 valence electrons. The summed E-state index contributed by atoms with van der Waals surface area (Å²) >= 11 is 0. The summed E-state index contributed by atoms with van der Waals surface area (Å²) in [5, 5.41) is 18.2. The molecule has 21 heavy (non-hydrogen) atoms. The molecule has 7 heteroatoms. The van der Waals surface area contributed by atoms with Gasteiger partial charge in [0.2, 0.25) is 0 Å². The normalized spacial score (nSPS) is 10.8. The lowest BCUT2D eigenvalue weighted by atomic mass is 9.96. The van der Waals surface area contributed by atoms with Gasteiger partial charge in [-0.3, -0.25) is 4.79 Å². The van der Waals surface area contributed by atoms with E-state index < -0.39 is 17.4 Å². The van der Waals surface area contributed by atoms with Crippen LogP contribution in [0.5, 0.6) is 5.75 Å². The molecule has 1 aromatic carbocycles. The lowest BCUT2D eigenvalue weighted by molar-refractivity contribution is -0.120. The SMILES string of the molecule is CC(C)(CO)COC(=O)c1ccc(OC=O)cc1C(=O)O. The van der Waals surface area contributed by atoms with Crippen molar-refractivity contribution in [2.75, 3.05) is 13.2 Å². The Morgan fingerprint density at radius 3 is 2.48 bits per heavy atom. The van der Waals surface area contributed by atoms with Crippen molar-refractivity contribution in [2.45, 2.75) is 13.8 Å². The van der Waals surface area contributed by atoms with Crippen LogP contribution in [0.3, 0.4) is 0 Å². The molecule has 0 radical (unpaired) electrons. The average Bonchev–Trinajstić information content (AvgIpc) is 2.45. The van der Waals surface area contributed by atoms with Crippen LogP contribution in [0.15, 0.2) is 18.2 Å². The number of hydrogen-bond donors (Lipinski definition) is 2. The van der Waals surface area contributed by atoms with Crippen LogP contribution in [0.1, 0.15) is 34.6 Å². The maximum atomic E-state index is 11.9. The first-order chi connectivity index (χ1) is 9.80. The number of carboxylic acids is 1. The number of benzene rings is 1. The molecule has 1 rings (SSSR count). The van der Waals surface area contributed by atoms with E-state index in [9.17, 15) is 14.4 Å². The molecule has 0 saturated heterocycles. The second-order valence-electron chi connectivity index (χ2n) is 5.13. The summed E-state index contributed by atoms with van der Waals surface area (Å²) in [7, 11) is 0. The second kappa shape index (κ2) is 6.85. The van der Waals surface area contributed by atoms with Crippen molar-refractivity contribution < 1.29 is 34.1 Å². The van der Waals surface area contributed by atoms with Crippen LogP contribution in [-0.4, -0.2) is 41.8 Å². The van der Waals surface area contributed by atoms with E-state index in [0.717, 1.165) is 6.07 Å². The van der Waals surface area contributed by atoms with Gasteiger partial charge in [0.05, 0.1) is 24.3 Å². The number of carbonyl (C=O) groups excluding carboxylic acids is 2. The highest BCUT2D eigenvalue weighted by Gasteiger charge is 2.23. The summed E-state index contributed by atoms with van der Waals surface area (Å²) in [6.07, 6.45) is 0. The third kappa shape index (κ3) is 4.57. The van der Waals surface area contributed by atoms with Crippen molar-refractivity contribution in [3.8, 4) is 5.75 Å². The molecule has 0 fully saturated rings. The monoisotopic (exact) mass is 296 g/mol. The van der Waals surface area contributed by atoms with Crippen LogP contribution >= 0.6 is 0 Å². The number of aromatic carboxylic acids is 1. The first-order valence-electron chi connectivity index (χ1n) is 6.06. The quantitative estimate of drug-likeness (QED) is 0.572. The minimum absolute atomic E-state index is 0.00892. The third-order valence-electron chi connectivity index (χ3n) is 2.65. The number of aliphatic hydroxyl groups is 1. The van der Waals surface area contributed by atoms with Gasteiger partial charge in [-0.1, -0.05) is 13.8 Å². The molecule has 0 aromatic heterocycles. The zero-order valence-corrected chi connectivity index (χ0v) is 11.7. The van der Waals surface area contributed by atoms with Gasteiger partial charge in [-0.2, -0.15) is 0 Å². The molecular formula is C14H16O7. The Hall–Kier alpha value is -2.41. The van der Waals surface area contributed by atoms with Gasteiger partial charge in [-0.05, 0) is 18.2 Å². The predicted molar refractivity (Wildman–Crippen MR) is 71.2 cm³/mol. The minimum atomic E-state index is -1.35. The molecule has 0 saturated carbocycles. The van der Waals surface area contributed by atoms with Gasteiger partial charge < -0.3 is 19.7 Å². The number of carbonyl (C=O) groups is 3. The zero-order valence-electron chi connectivity index (χ0n) is 11.7. The van der Waals surface area contributed by atoms with Gasteiger partial charge in [0.1, 0.15) is 5.75 Å². The molecule has 0 aliphatic heterocycles. The molecular weight excluding hydrogens is 280 g/mol. The number of esters is 1. The molecule has 2 N–H and O–H groups in total. The van der Waals surface area contributed by atoms with Crippen LogP contribution in [0.4, 0.5) is 0 Å². The molecule has 0 unspecified atom stereocenters. The van der Waals surface area contributed by atoms with Crippen LogP contribution < -0.4 is 4.74 Å². The van der Waals surface area contributed by atoms with E-state index >= 15 is 0 Å². The summed E-state index contributed by atoms with van der Waals surface area (Å²) in [6.45, 7) is 3.30. The lowest BCUT2D eigenvalue weighted by Crippen LogP contribution is -2.26. The molecule has 0 atom stereocenters. The summed E-state index contributed by atoms with van der Waals surface area (Å²) < 4.78 is 9.54. The largest absolute Gasteiger partial charge is 0.478 e. The first kappa shape index (κ1) is 16.6. The Kier molecular flexibility index (Phi) is 5.43. The summed E-state index contributed by atoms with van der Waals surface area (Å²) in [5.41, 5.74) is -1.12. The summed E-state index contributed by atoms with van der Waals surface area (Å²) in [6, 6.07) is 3.55. The Morgan fingerprint density at radius 1 is 1.29 bits per heavy atom. The fourth-order valence-corrected chi connectivity index (χ4v) is 1.39. The van der Waals surface area contributed by atoms with E-state index in [4.69, 9.17) is 14.9 Å². The zero-order chi connectivity index (χ0) is 16.0. The molecule has 7 nitrogen and oxygen atoms in total. The highest BCUT2D eigenvalue weighted by molar-refractivity contribution is 6.02. The van der Waals surface area contributed by atoms with E-state index in [1.165, 1.54) is 12.1 Å². The molecule has 0 spiro atoms. The summed E-state index contributed by atoms with van der Waals surface area (Å²) in [5.74, 6) is -2.17. The summed E-state index contributed by atoms with van der Waals surface area (Å²) in [4.78, 5) is 33.3. The Bertz CT molecular complexity index is 548. The fraction of sp³-hybridized carbons (Fsp3) is 0.357. The molecule has 1 aromatic rings. The Morgan fingerprint density at radius 2 is 1.95 bits per heavy atom. The van der Waals surface area contributed by atoms with Gasteiger partial charge in [0.15, 0.2) is 0 Å². The standard InChI is InChI=1S/C14H16O7/c1-14(2,6-15)7-20-13(19)10-4-3-9(21-8-16)5-11(10)12(17)18/h3-5,8,15H,6-7H2,1-2H3,(H,17,18). The number of ether oxygens (including phenoxy) is 2. The first-order valence-corrected chi connectivity index (χ1v) is 6.06. The van der Waals surface area contributed by atoms with Gasteiger partial charge in [-0.15, -0.1) is 0 Å². The minimum Gasteiger partial charge on any atom is -0.478 e. The Balaban J connectivity index is 2.98. The van der Waals surface area contributed by atoms with E-state index in [-0.39, 0.29) is 36.6 Å². The van der Waals surface area contributed by atoms with Crippen molar-refractivity contribution in [3.63, 3.8) is 0 Å². The predicted octanol–water partition coefficient (Wildman–Crippen LogP) is 1.10. The van der Waals surface area contributed by atoms with Crippen molar-refractivity contribution in [3.05, 3.63) is 29.3 Å². The molecule has 0 aliphatic carbocycles. The number of hydrogen-bond acceptors (Lipinski definition) is 6. The highest BCUT2D eigenvalue weighted by Crippen LogP contribution is 2.20. The van der Waals surface area contributed by atoms with Crippen molar-refractivity contribution >= 4 is 18.4 Å². The van der Waals surface area contributed by atoms with Gasteiger partial charge >= 0.3 is 11.9 Å². The fourth-order valence-electron chi connectivity index (χ4n) is 1.39.